The van der Waals surface area contributed by atoms with Crippen LogP contribution in [0.25, 0.3) is 11.3 Å². The molecule has 0 spiro atoms. The number of carbonyl (C=O) groups excluding carboxylic acids is 1. The monoisotopic (exact) mass is 395 g/mol. The number of benzene rings is 2. The fourth-order valence-electron chi connectivity index (χ4n) is 3.92. The van der Waals surface area contributed by atoms with E-state index < -0.39 is 0 Å². The second-order valence-electron chi connectivity index (χ2n) is 7.55. The predicted molar refractivity (Wildman–Crippen MR) is 107 cm³/mol. The molecular formula is C23H23F2N3O. The minimum atomic E-state index is -0.296. The first kappa shape index (κ1) is 19.3. The molecule has 1 aliphatic heterocycles. The van der Waals surface area contributed by atoms with E-state index in [1.54, 1.807) is 22.9 Å². The summed E-state index contributed by atoms with van der Waals surface area (Å²) in [5.41, 5.74) is 3.49. The Morgan fingerprint density at radius 2 is 1.76 bits per heavy atom. The third-order valence-corrected chi connectivity index (χ3v) is 5.55. The molecule has 150 valence electrons. The van der Waals surface area contributed by atoms with Crippen molar-refractivity contribution in [2.75, 3.05) is 13.1 Å². The number of hydrogen-bond acceptors (Lipinski definition) is 2. The SMILES string of the molecule is Cn1nc(C2CCN(C(=O)Cc3ccc(F)cc3)CC2)cc1-c1cccc(F)c1. The maximum Gasteiger partial charge on any atom is 0.226 e. The summed E-state index contributed by atoms with van der Waals surface area (Å²) in [6, 6.07) is 14.6. The summed E-state index contributed by atoms with van der Waals surface area (Å²) in [5.74, 6) is -0.219. The number of aryl methyl sites for hydroxylation is 1. The fraction of sp³-hybridized carbons (Fsp3) is 0.304. The lowest BCUT2D eigenvalue weighted by molar-refractivity contribution is -0.131. The lowest BCUT2D eigenvalue weighted by Crippen LogP contribution is -2.38. The molecule has 1 saturated heterocycles. The summed E-state index contributed by atoms with van der Waals surface area (Å²) < 4.78 is 28.4. The molecule has 0 unspecified atom stereocenters. The van der Waals surface area contributed by atoms with Crippen LogP contribution in [-0.4, -0.2) is 33.7 Å². The number of piperidine rings is 1. The molecule has 0 N–H and O–H groups in total. The van der Waals surface area contributed by atoms with E-state index in [2.05, 4.69) is 5.10 Å². The van der Waals surface area contributed by atoms with E-state index in [0.717, 1.165) is 35.4 Å². The van der Waals surface area contributed by atoms with E-state index in [-0.39, 0.29) is 29.9 Å². The van der Waals surface area contributed by atoms with Gasteiger partial charge in [-0.15, -0.1) is 0 Å². The Balaban J connectivity index is 1.39. The molecule has 3 aromatic rings. The molecular weight excluding hydrogens is 372 g/mol. The van der Waals surface area contributed by atoms with Gasteiger partial charge in [0.15, 0.2) is 0 Å². The van der Waals surface area contributed by atoms with Crippen molar-refractivity contribution in [1.82, 2.24) is 14.7 Å². The van der Waals surface area contributed by atoms with Crippen molar-refractivity contribution in [3.8, 4) is 11.3 Å². The van der Waals surface area contributed by atoms with E-state index in [9.17, 15) is 13.6 Å². The highest BCUT2D eigenvalue weighted by atomic mass is 19.1. The molecule has 0 saturated carbocycles. The predicted octanol–water partition coefficient (Wildman–Crippen LogP) is 4.31. The maximum absolute atomic E-state index is 13.6. The van der Waals surface area contributed by atoms with Gasteiger partial charge in [-0.25, -0.2) is 8.78 Å². The first-order valence-corrected chi connectivity index (χ1v) is 9.81. The number of nitrogens with zero attached hydrogens (tertiary/aromatic N) is 3. The Kier molecular flexibility index (Phi) is 5.43. The van der Waals surface area contributed by atoms with E-state index in [0.29, 0.717) is 13.1 Å². The summed E-state index contributed by atoms with van der Waals surface area (Å²) in [6.07, 6.45) is 1.97. The summed E-state index contributed by atoms with van der Waals surface area (Å²) in [4.78, 5) is 14.4. The number of aromatic nitrogens is 2. The number of likely N-dealkylation sites (tertiary alicyclic amines) is 1. The van der Waals surface area contributed by atoms with Gasteiger partial charge in [0.25, 0.3) is 0 Å². The van der Waals surface area contributed by atoms with Gasteiger partial charge in [0.1, 0.15) is 11.6 Å². The number of halogens is 2. The van der Waals surface area contributed by atoms with Crippen molar-refractivity contribution in [3.05, 3.63) is 77.5 Å². The van der Waals surface area contributed by atoms with Gasteiger partial charge in [-0.1, -0.05) is 24.3 Å². The molecule has 0 radical (unpaired) electrons. The summed E-state index contributed by atoms with van der Waals surface area (Å²) in [7, 11) is 1.87. The van der Waals surface area contributed by atoms with E-state index in [1.165, 1.54) is 24.3 Å². The lowest BCUT2D eigenvalue weighted by atomic mass is 9.92. The molecule has 29 heavy (non-hydrogen) atoms. The highest BCUT2D eigenvalue weighted by molar-refractivity contribution is 5.78. The maximum atomic E-state index is 13.6. The molecule has 0 aliphatic carbocycles. The van der Waals surface area contributed by atoms with Gasteiger partial charge in [0.2, 0.25) is 5.91 Å². The van der Waals surface area contributed by atoms with Crippen LogP contribution in [0.2, 0.25) is 0 Å². The summed E-state index contributed by atoms with van der Waals surface area (Å²) >= 11 is 0. The van der Waals surface area contributed by atoms with Crippen LogP contribution in [0.1, 0.15) is 30.0 Å². The van der Waals surface area contributed by atoms with Crippen LogP contribution >= 0.6 is 0 Å². The second-order valence-corrected chi connectivity index (χ2v) is 7.55. The first-order valence-electron chi connectivity index (χ1n) is 9.81. The van der Waals surface area contributed by atoms with Crippen molar-refractivity contribution < 1.29 is 13.6 Å². The minimum absolute atomic E-state index is 0.0662. The lowest BCUT2D eigenvalue weighted by Gasteiger charge is -2.31. The average Bonchev–Trinajstić information content (AvgIpc) is 3.11. The molecule has 1 fully saturated rings. The number of rotatable bonds is 4. The third-order valence-electron chi connectivity index (χ3n) is 5.55. The van der Waals surface area contributed by atoms with Crippen molar-refractivity contribution >= 4 is 5.91 Å². The quantitative estimate of drug-likeness (QED) is 0.660. The molecule has 6 heteroatoms. The topological polar surface area (TPSA) is 38.1 Å². The first-order chi connectivity index (χ1) is 14.0. The minimum Gasteiger partial charge on any atom is -0.342 e. The fourth-order valence-corrected chi connectivity index (χ4v) is 3.92. The zero-order chi connectivity index (χ0) is 20.4. The smallest absolute Gasteiger partial charge is 0.226 e. The average molecular weight is 395 g/mol. The molecule has 1 amide bonds. The van der Waals surface area contributed by atoms with Gasteiger partial charge in [-0.3, -0.25) is 9.48 Å². The molecule has 2 aromatic carbocycles. The van der Waals surface area contributed by atoms with Gasteiger partial charge in [0.05, 0.1) is 17.8 Å². The normalized spacial score (nSPS) is 14.9. The highest BCUT2D eigenvalue weighted by Crippen LogP contribution is 2.30. The molecule has 2 heterocycles. The van der Waals surface area contributed by atoms with Gasteiger partial charge < -0.3 is 4.90 Å². The molecule has 1 aromatic heterocycles. The largest absolute Gasteiger partial charge is 0.342 e. The van der Waals surface area contributed by atoms with Gasteiger partial charge in [-0.2, -0.15) is 5.10 Å². The van der Waals surface area contributed by atoms with Crippen LogP contribution in [-0.2, 0) is 18.3 Å². The summed E-state index contributed by atoms with van der Waals surface area (Å²) in [6.45, 7) is 1.35. The summed E-state index contributed by atoms with van der Waals surface area (Å²) in [5, 5.41) is 4.64. The van der Waals surface area contributed by atoms with Crippen LogP contribution in [0.3, 0.4) is 0 Å². The zero-order valence-electron chi connectivity index (χ0n) is 16.3. The van der Waals surface area contributed by atoms with Crippen molar-refractivity contribution in [2.24, 2.45) is 7.05 Å². The Bertz CT molecular complexity index is 1010. The van der Waals surface area contributed by atoms with Crippen LogP contribution in [0.5, 0.6) is 0 Å². The molecule has 0 bridgehead atoms. The van der Waals surface area contributed by atoms with Crippen LogP contribution < -0.4 is 0 Å². The molecule has 4 nitrogen and oxygen atoms in total. The Morgan fingerprint density at radius 1 is 1.03 bits per heavy atom. The van der Waals surface area contributed by atoms with Crippen LogP contribution in [0, 0.1) is 11.6 Å². The Hall–Kier alpha value is -3.02. The van der Waals surface area contributed by atoms with Crippen molar-refractivity contribution in [1.29, 1.82) is 0 Å². The Labute approximate surface area is 168 Å². The van der Waals surface area contributed by atoms with Crippen LogP contribution in [0.15, 0.2) is 54.6 Å². The molecule has 1 aliphatic rings. The highest BCUT2D eigenvalue weighted by Gasteiger charge is 2.26. The molecule has 4 rings (SSSR count). The zero-order valence-corrected chi connectivity index (χ0v) is 16.3. The van der Waals surface area contributed by atoms with E-state index in [1.807, 2.05) is 24.1 Å². The Morgan fingerprint density at radius 3 is 2.45 bits per heavy atom. The van der Waals surface area contributed by atoms with Gasteiger partial charge in [-0.05, 0) is 48.7 Å². The van der Waals surface area contributed by atoms with Crippen molar-refractivity contribution in [3.63, 3.8) is 0 Å². The van der Waals surface area contributed by atoms with Gasteiger partial charge in [0, 0.05) is 31.6 Å². The van der Waals surface area contributed by atoms with Crippen LogP contribution in [0.4, 0.5) is 8.78 Å². The number of amides is 1. The second kappa shape index (κ2) is 8.15. The number of hydrogen-bond donors (Lipinski definition) is 0. The standard InChI is InChI=1S/C23H23F2N3O/c1-27-22(18-3-2-4-20(25)14-18)15-21(26-27)17-9-11-28(12-10-17)23(29)13-16-5-7-19(24)8-6-16/h2-8,14-15,17H,9-13H2,1H3. The van der Waals surface area contributed by atoms with E-state index in [4.69, 9.17) is 0 Å². The van der Waals surface area contributed by atoms with E-state index >= 15 is 0 Å². The third kappa shape index (κ3) is 4.36. The number of carbonyl (C=O) groups is 1. The van der Waals surface area contributed by atoms with Gasteiger partial charge >= 0.3 is 0 Å². The van der Waals surface area contributed by atoms with Crippen molar-refractivity contribution in [2.45, 2.75) is 25.2 Å². The molecule has 0 atom stereocenters.